The van der Waals surface area contributed by atoms with E-state index < -0.39 is 31.6 Å². The van der Waals surface area contributed by atoms with Crippen LogP contribution in [0.3, 0.4) is 0 Å². The zero-order valence-electron chi connectivity index (χ0n) is 21.2. The van der Waals surface area contributed by atoms with Gasteiger partial charge in [0.15, 0.2) is 27.3 Å². The zero-order valence-corrected chi connectivity index (χ0v) is 22.0. The van der Waals surface area contributed by atoms with Crippen molar-refractivity contribution in [2.24, 2.45) is 11.7 Å². The van der Waals surface area contributed by atoms with E-state index in [9.17, 15) is 22.0 Å². The van der Waals surface area contributed by atoms with Crippen LogP contribution in [0.4, 0.5) is 8.78 Å². The lowest BCUT2D eigenvalue weighted by Gasteiger charge is -2.30. The molecular formula is C27H32F2N2O4S. The Hall–Kier alpha value is -3.25. The topological polar surface area (TPSA) is 99.3 Å². The quantitative estimate of drug-likeness (QED) is 0.408. The molecule has 36 heavy (non-hydrogen) atoms. The van der Waals surface area contributed by atoms with E-state index in [1.165, 1.54) is 19.4 Å². The third kappa shape index (κ3) is 6.30. The Balaban J connectivity index is 0.000000297. The largest absolute Gasteiger partial charge is 0.479 e. The van der Waals surface area contributed by atoms with Gasteiger partial charge in [-0.15, -0.1) is 6.42 Å². The van der Waals surface area contributed by atoms with E-state index in [1.54, 1.807) is 39.0 Å². The molecule has 0 radical (unpaired) electrons. The zero-order chi connectivity index (χ0) is 27.5. The van der Waals surface area contributed by atoms with Crippen molar-refractivity contribution < 1.29 is 26.7 Å². The molecule has 0 spiro atoms. The number of nitrogens with two attached hydrogens (primary N) is 1. The molecule has 2 aromatic rings. The van der Waals surface area contributed by atoms with Crippen molar-refractivity contribution in [2.75, 3.05) is 12.9 Å². The molecule has 0 aliphatic heterocycles. The number of halogens is 2. The Bertz CT molecular complexity index is 1300. The number of hydrogen-bond donors (Lipinski definition) is 1. The fraction of sp³-hybridized carbons (Fsp3) is 0.407. The van der Waals surface area contributed by atoms with Gasteiger partial charge in [-0.1, -0.05) is 32.4 Å². The van der Waals surface area contributed by atoms with E-state index in [1.807, 2.05) is 0 Å². The highest BCUT2D eigenvalue weighted by Gasteiger charge is 2.67. The van der Waals surface area contributed by atoms with Crippen LogP contribution in [0, 0.1) is 36.8 Å². The van der Waals surface area contributed by atoms with Crippen LogP contribution in [0.25, 0.3) is 0 Å². The lowest BCUT2D eigenvalue weighted by molar-refractivity contribution is 0.101. The Morgan fingerprint density at radius 2 is 2.00 bits per heavy atom. The highest BCUT2D eigenvalue weighted by Crippen LogP contribution is 2.62. The molecule has 1 fully saturated rings. The Morgan fingerprint density at radius 1 is 1.36 bits per heavy atom. The maximum Gasteiger partial charge on any atom is 0.178 e. The molecule has 2 atom stereocenters. The summed E-state index contributed by atoms with van der Waals surface area (Å²) in [6.45, 7) is 10.5. The van der Waals surface area contributed by atoms with Crippen LogP contribution in [0.2, 0.25) is 0 Å². The fourth-order valence-electron chi connectivity index (χ4n) is 4.50. The maximum absolute atomic E-state index is 14.3. The Labute approximate surface area is 211 Å². The molecule has 0 bridgehead atoms. The highest BCUT2D eigenvalue weighted by molar-refractivity contribution is 7.92. The van der Waals surface area contributed by atoms with Crippen molar-refractivity contribution in [1.82, 2.24) is 4.98 Å². The number of benzene rings is 1. The van der Waals surface area contributed by atoms with Gasteiger partial charge in [0.2, 0.25) is 0 Å². The van der Waals surface area contributed by atoms with Gasteiger partial charge in [0, 0.05) is 25.3 Å². The smallest absolute Gasteiger partial charge is 0.178 e. The molecule has 194 valence electrons. The second-order valence-corrected chi connectivity index (χ2v) is 12.0. The average molecular weight is 519 g/mol. The molecule has 1 unspecified atom stereocenters. The summed E-state index contributed by atoms with van der Waals surface area (Å²) in [5.41, 5.74) is 6.31. The molecule has 6 nitrogen and oxygen atoms in total. The van der Waals surface area contributed by atoms with E-state index in [0.717, 1.165) is 6.07 Å². The number of pyridine rings is 1. The number of nitrogens with zero attached hydrogens (tertiary/aromatic N) is 1. The summed E-state index contributed by atoms with van der Waals surface area (Å²) in [6.07, 6.45) is 8.15. The number of carbonyl (C=O) groups is 1. The van der Waals surface area contributed by atoms with Crippen LogP contribution in [-0.2, 0) is 15.3 Å². The summed E-state index contributed by atoms with van der Waals surface area (Å²) in [5, 5.41) is 0. The molecule has 9 heteroatoms. The van der Waals surface area contributed by atoms with Crippen LogP contribution in [-0.4, -0.2) is 36.8 Å². The number of ketones is 1. The number of aryl methyl sites for hydroxylation is 1. The first-order chi connectivity index (χ1) is 16.6. The molecular weight excluding hydrogens is 486 g/mol. The Kier molecular flexibility index (Phi) is 8.69. The number of terminal acetylenes is 1. The third-order valence-electron chi connectivity index (χ3n) is 6.45. The first kappa shape index (κ1) is 29.0. The fourth-order valence-corrected chi connectivity index (χ4v) is 6.23. The number of aromatic nitrogens is 1. The summed E-state index contributed by atoms with van der Waals surface area (Å²) in [6, 6.07) is 5.99. The Morgan fingerprint density at radius 3 is 2.47 bits per heavy atom. The lowest BCUT2D eigenvalue weighted by atomic mass is 9.77. The number of allylic oxidation sites excluding steroid dienone is 1. The predicted octanol–water partition coefficient (Wildman–Crippen LogP) is 4.51. The van der Waals surface area contributed by atoms with E-state index in [2.05, 4.69) is 17.5 Å². The summed E-state index contributed by atoms with van der Waals surface area (Å²) in [7, 11) is -3.42. The normalized spacial score (nSPS) is 18.9. The second-order valence-electron chi connectivity index (χ2n) is 9.69. The van der Waals surface area contributed by atoms with Crippen LogP contribution in [0.1, 0.15) is 55.2 Å². The minimum absolute atomic E-state index is 0.0662. The molecule has 1 aliphatic rings. The summed E-state index contributed by atoms with van der Waals surface area (Å²) in [4.78, 5) is 14.7. The molecule has 0 amide bonds. The predicted molar refractivity (Wildman–Crippen MR) is 136 cm³/mol. The number of rotatable bonds is 8. The van der Waals surface area contributed by atoms with Crippen molar-refractivity contribution in [3.05, 3.63) is 71.2 Å². The molecule has 3 rings (SSSR count). The van der Waals surface area contributed by atoms with E-state index in [0.29, 0.717) is 23.4 Å². The SMILES string of the molecule is C#CCOc1ccc(C(C)=O)nc1.C=C(N)C[C@@]1(S(C)(=O)=O)CC1C(C)(C)c1cc(C)cc(F)c1F. The number of Topliss-reactive ketones (excluding diaryl/α,β-unsaturated/α-hetero) is 1. The van der Waals surface area contributed by atoms with Gasteiger partial charge in [-0.2, -0.15) is 0 Å². The van der Waals surface area contributed by atoms with Crippen molar-refractivity contribution >= 4 is 15.6 Å². The van der Waals surface area contributed by atoms with Crippen LogP contribution in [0.5, 0.6) is 5.75 Å². The maximum atomic E-state index is 14.3. The third-order valence-corrected chi connectivity index (χ3v) is 8.52. The summed E-state index contributed by atoms with van der Waals surface area (Å²) >= 11 is 0. The average Bonchev–Trinajstić information content (AvgIpc) is 3.51. The van der Waals surface area contributed by atoms with Gasteiger partial charge < -0.3 is 10.5 Å². The van der Waals surface area contributed by atoms with Gasteiger partial charge >= 0.3 is 0 Å². The van der Waals surface area contributed by atoms with E-state index >= 15 is 0 Å². The standard InChI is InChI=1S/C17H23F2NO2S.C10H9NO2/c1-10-6-12(15(19)13(18)7-10)16(3,4)14-9-17(14,8-11(2)20)23(5,21)22;1-3-6-13-9-4-5-10(8(2)12)11-7-9/h6-7,14H,2,8-9,20H2,1,3-5H3;1,4-5,7H,6H2,2H3/t14?,17-;/m1./s1. The van der Waals surface area contributed by atoms with Crippen molar-refractivity contribution in [2.45, 2.75) is 50.7 Å². The monoisotopic (exact) mass is 518 g/mol. The van der Waals surface area contributed by atoms with Crippen molar-refractivity contribution in [3.63, 3.8) is 0 Å². The molecule has 1 aliphatic carbocycles. The van der Waals surface area contributed by atoms with Crippen molar-refractivity contribution in [1.29, 1.82) is 0 Å². The lowest BCUT2D eigenvalue weighted by Crippen LogP contribution is -2.34. The highest BCUT2D eigenvalue weighted by atomic mass is 32.2. The molecule has 1 saturated carbocycles. The number of hydrogen-bond acceptors (Lipinski definition) is 6. The van der Waals surface area contributed by atoms with Crippen LogP contribution in [0.15, 0.2) is 42.7 Å². The van der Waals surface area contributed by atoms with E-state index in [-0.39, 0.29) is 36.0 Å². The minimum Gasteiger partial charge on any atom is -0.479 e. The molecule has 0 saturated heterocycles. The van der Waals surface area contributed by atoms with E-state index in [4.69, 9.17) is 16.9 Å². The summed E-state index contributed by atoms with van der Waals surface area (Å²) < 4.78 is 56.7. The molecule has 1 aromatic heterocycles. The number of sulfone groups is 1. The first-order valence-electron chi connectivity index (χ1n) is 11.2. The minimum atomic E-state index is -3.42. The van der Waals surface area contributed by atoms with Gasteiger partial charge in [0.1, 0.15) is 18.1 Å². The van der Waals surface area contributed by atoms with Crippen LogP contribution >= 0.6 is 0 Å². The van der Waals surface area contributed by atoms with Crippen LogP contribution < -0.4 is 10.5 Å². The number of carbonyl (C=O) groups excluding carboxylic acids is 1. The second kappa shape index (κ2) is 10.8. The van der Waals surface area contributed by atoms with Gasteiger partial charge in [-0.3, -0.25) is 4.79 Å². The molecule has 2 N–H and O–H groups in total. The number of ether oxygens (including phenoxy) is 1. The van der Waals surface area contributed by atoms with Crippen molar-refractivity contribution in [3.8, 4) is 18.1 Å². The van der Waals surface area contributed by atoms with Gasteiger partial charge in [-0.05, 0) is 54.0 Å². The van der Waals surface area contributed by atoms with Gasteiger partial charge in [0.05, 0.1) is 10.9 Å². The summed E-state index contributed by atoms with van der Waals surface area (Å²) in [5.74, 6) is 0.666. The molecule has 1 heterocycles. The van der Waals surface area contributed by atoms with Gasteiger partial charge in [0.25, 0.3) is 0 Å². The first-order valence-corrected chi connectivity index (χ1v) is 13.1. The van der Waals surface area contributed by atoms with Gasteiger partial charge in [-0.25, -0.2) is 22.2 Å². The molecule has 1 aromatic carbocycles.